The lowest BCUT2D eigenvalue weighted by atomic mass is 10.1. The summed E-state index contributed by atoms with van der Waals surface area (Å²) in [5.74, 6) is 0.0280. The standard InChI is InChI=1S/C31H55N3O6/c1-8-33(9-2,10-3)20-22-39-27-24-26(31(37)32-19-17-15-16-18-29(35)38-14-7)25-28(30(27)36)40-23-21-34(11-4,12-5)13-6/h24-25H,8-23H2,1-7H3/p+2. The van der Waals surface area contributed by atoms with E-state index in [0.29, 0.717) is 38.3 Å². The Bertz CT molecular complexity index is 820. The molecule has 1 aromatic carbocycles. The number of phenols is 1. The smallest absolute Gasteiger partial charge is 0.305 e. The number of carbonyl (C=O) groups is 2. The summed E-state index contributed by atoms with van der Waals surface area (Å²) in [6, 6.07) is 3.20. The number of aromatic hydroxyl groups is 1. The highest BCUT2D eigenvalue weighted by Gasteiger charge is 2.24. The van der Waals surface area contributed by atoms with Gasteiger partial charge in [0.15, 0.2) is 11.5 Å². The highest BCUT2D eigenvalue weighted by molar-refractivity contribution is 5.95. The number of amides is 1. The van der Waals surface area contributed by atoms with Crippen molar-refractivity contribution in [3.8, 4) is 17.2 Å². The van der Waals surface area contributed by atoms with Gasteiger partial charge in [-0.15, -0.1) is 0 Å². The number of benzene rings is 1. The molecule has 9 heteroatoms. The predicted octanol–water partition coefficient (Wildman–Crippen LogP) is 4.76. The molecule has 0 fully saturated rings. The van der Waals surface area contributed by atoms with Crippen molar-refractivity contribution in [2.45, 2.75) is 74.1 Å². The molecule has 0 aliphatic heterocycles. The SMILES string of the molecule is CCOC(=O)CCCCCNC(=O)c1cc(OCC[N+](CC)(CC)CC)c(O)c(OCC[N+](CC)(CC)CC)c1. The van der Waals surface area contributed by atoms with Gasteiger partial charge >= 0.3 is 5.97 Å². The van der Waals surface area contributed by atoms with Gasteiger partial charge in [0.2, 0.25) is 5.75 Å². The fourth-order valence-electron chi connectivity index (χ4n) is 5.03. The van der Waals surface area contributed by atoms with Crippen LogP contribution in [0.3, 0.4) is 0 Å². The molecule has 0 radical (unpaired) electrons. The Morgan fingerprint density at radius 2 is 1.23 bits per heavy atom. The average molecular weight is 568 g/mol. The molecule has 2 N–H and O–H groups in total. The zero-order valence-electron chi connectivity index (χ0n) is 26.4. The first-order valence-corrected chi connectivity index (χ1v) is 15.5. The maximum atomic E-state index is 13.0. The van der Waals surface area contributed by atoms with E-state index in [4.69, 9.17) is 14.2 Å². The highest BCUT2D eigenvalue weighted by Crippen LogP contribution is 2.38. The van der Waals surface area contributed by atoms with Crippen LogP contribution in [-0.2, 0) is 9.53 Å². The Morgan fingerprint density at radius 1 is 0.750 bits per heavy atom. The van der Waals surface area contributed by atoms with Crippen LogP contribution in [-0.4, -0.2) is 105 Å². The first kappa shape index (κ1) is 35.5. The zero-order valence-corrected chi connectivity index (χ0v) is 26.4. The second kappa shape index (κ2) is 18.8. The normalized spacial score (nSPS) is 11.8. The van der Waals surface area contributed by atoms with E-state index >= 15 is 0 Å². The lowest BCUT2D eigenvalue weighted by Crippen LogP contribution is -2.50. The van der Waals surface area contributed by atoms with Crippen molar-refractivity contribution in [3.05, 3.63) is 17.7 Å². The molecule has 0 unspecified atom stereocenters. The van der Waals surface area contributed by atoms with Crippen LogP contribution in [0.25, 0.3) is 0 Å². The second-order valence-corrected chi connectivity index (χ2v) is 10.4. The molecule has 9 nitrogen and oxygen atoms in total. The highest BCUT2D eigenvalue weighted by atomic mass is 16.5. The first-order chi connectivity index (χ1) is 19.2. The summed E-state index contributed by atoms with van der Waals surface area (Å²) in [7, 11) is 0. The molecule has 1 rings (SSSR count). The van der Waals surface area contributed by atoms with Gasteiger partial charge in [-0.25, -0.2) is 0 Å². The van der Waals surface area contributed by atoms with Gasteiger partial charge in [0.1, 0.15) is 26.3 Å². The fraction of sp³-hybridized carbons (Fsp3) is 0.742. The number of hydrogen-bond acceptors (Lipinski definition) is 6. The predicted molar refractivity (Wildman–Crippen MR) is 160 cm³/mol. The maximum Gasteiger partial charge on any atom is 0.305 e. The number of rotatable bonds is 22. The lowest BCUT2D eigenvalue weighted by molar-refractivity contribution is -0.923. The van der Waals surface area contributed by atoms with Crippen molar-refractivity contribution in [2.75, 3.05) is 78.7 Å². The van der Waals surface area contributed by atoms with Gasteiger partial charge in [-0.3, -0.25) is 9.59 Å². The molecule has 0 bridgehead atoms. The Labute approximate surface area is 243 Å². The second-order valence-electron chi connectivity index (χ2n) is 10.4. The summed E-state index contributed by atoms with van der Waals surface area (Å²) in [6.07, 6.45) is 2.69. The van der Waals surface area contributed by atoms with E-state index in [9.17, 15) is 14.7 Å². The molecule has 0 aromatic heterocycles. The molecular weight excluding hydrogens is 510 g/mol. The van der Waals surface area contributed by atoms with Gasteiger partial charge in [0.25, 0.3) is 5.91 Å². The number of hydrogen-bond donors (Lipinski definition) is 2. The topological polar surface area (TPSA) is 94.1 Å². The van der Waals surface area contributed by atoms with E-state index in [1.54, 1.807) is 19.1 Å². The third-order valence-electron chi connectivity index (χ3n) is 8.62. The monoisotopic (exact) mass is 567 g/mol. The number of nitrogens with zero attached hydrogens (tertiary/aromatic N) is 2. The maximum absolute atomic E-state index is 13.0. The number of nitrogens with one attached hydrogen (secondary N) is 1. The Balaban J connectivity index is 2.96. The van der Waals surface area contributed by atoms with E-state index in [1.165, 1.54) is 0 Å². The summed E-state index contributed by atoms with van der Waals surface area (Å²) in [5.41, 5.74) is 0.388. The van der Waals surface area contributed by atoms with E-state index < -0.39 is 0 Å². The van der Waals surface area contributed by atoms with Crippen LogP contribution in [0.5, 0.6) is 17.2 Å². The minimum absolute atomic E-state index is 0.0688. The minimum Gasteiger partial charge on any atom is -0.502 e. The molecule has 0 aliphatic carbocycles. The van der Waals surface area contributed by atoms with Crippen molar-refractivity contribution in [1.29, 1.82) is 0 Å². The minimum atomic E-state index is -0.248. The zero-order chi connectivity index (χ0) is 30.0. The van der Waals surface area contributed by atoms with Gasteiger partial charge in [0.05, 0.1) is 45.9 Å². The molecule has 1 aromatic rings. The van der Waals surface area contributed by atoms with Crippen molar-refractivity contribution in [1.82, 2.24) is 5.32 Å². The van der Waals surface area contributed by atoms with Gasteiger partial charge < -0.3 is 33.6 Å². The first-order valence-electron chi connectivity index (χ1n) is 15.5. The van der Waals surface area contributed by atoms with Gasteiger partial charge in [0, 0.05) is 18.5 Å². The van der Waals surface area contributed by atoms with Crippen LogP contribution in [0.4, 0.5) is 0 Å². The number of esters is 1. The van der Waals surface area contributed by atoms with Crippen LogP contribution < -0.4 is 14.8 Å². The molecule has 0 aliphatic rings. The third kappa shape index (κ3) is 11.2. The molecule has 0 saturated carbocycles. The number of unbranched alkanes of at least 4 members (excludes halogenated alkanes) is 2. The Kier molecular flexibility index (Phi) is 16.6. The fourth-order valence-corrected chi connectivity index (χ4v) is 5.03. The molecular formula is C31H57N3O6+2. The van der Waals surface area contributed by atoms with Crippen LogP contribution in [0, 0.1) is 0 Å². The van der Waals surface area contributed by atoms with E-state index in [-0.39, 0.29) is 29.1 Å². The summed E-state index contributed by atoms with van der Waals surface area (Å²) in [5, 5.41) is 14.0. The van der Waals surface area contributed by atoms with E-state index in [1.807, 2.05) is 0 Å². The van der Waals surface area contributed by atoms with E-state index in [0.717, 1.165) is 80.6 Å². The summed E-state index contributed by atoms with van der Waals surface area (Å²) in [4.78, 5) is 24.5. The summed E-state index contributed by atoms with van der Waals surface area (Å²) in [6.45, 7) is 24.3. The molecule has 0 heterocycles. The van der Waals surface area contributed by atoms with Crippen molar-refractivity contribution >= 4 is 11.9 Å². The van der Waals surface area contributed by atoms with Crippen molar-refractivity contribution in [3.63, 3.8) is 0 Å². The largest absolute Gasteiger partial charge is 0.502 e. The Morgan fingerprint density at radius 3 is 1.65 bits per heavy atom. The summed E-state index contributed by atoms with van der Waals surface area (Å²) >= 11 is 0. The van der Waals surface area contributed by atoms with Crippen molar-refractivity contribution < 1.29 is 37.9 Å². The Hall–Kier alpha value is -2.52. The number of ether oxygens (including phenoxy) is 3. The van der Waals surface area contributed by atoms with Crippen LogP contribution in [0.2, 0.25) is 0 Å². The quantitative estimate of drug-likeness (QED) is 0.119. The lowest BCUT2D eigenvalue weighted by Gasteiger charge is -2.35. The van der Waals surface area contributed by atoms with E-state index in [2.05, 4.69) is 46.9 Å². The van der Waals surface area contributed by atoms with Gasteiger partial charge in [-0.05, 0) is 73.4 Å². The third-order valence-corrected chi connectivity index (χ3v) is 8.62. The average Bonchev–Trinajstić information content (AvgIpc) is 2.97. The molecule has 0 spiro atoms. The number of likely N-dealkylation sites (N-methyl/N-ethyl adjacent to an activating group) is 2. The number of phenolic OH excluding ortho intramolecular Hbond substituents is 1. The molecule has 0 saturated heterocycles. The van der Waals surface area contributed by atoms with Crippen LogP contribution >= 0.6 is 0 Å². The molecule has 40 heavy (non-hydrogen) atoms. The van der Waals surface area contributed by atoms with Crippen LogP contribution in [0.15, 0.2) is 12.1 Å². The van der Waals surface area contributed by atoms with Gasteiger partial charge in [-0.1, -0.05) is 6.42 Å². The summed E-state index contributed by atoms with van der Waals surface area (Å²) < 4.78 is 18.9. The van der Waals surface area contributed by atoms with Crippen molar-refractivity contribution in [2.24, 2.45) is 0 Å². The molecule has 0 atom stereocenters. The molecule has 230 valence electrons. The van der Waals surface area contributed by atoms with Crippen LogP contribution in [0.1, 0.15) is 84.5 Å². The number of carbonyl (C=O) groups excluding carboxylic acids is 2. The molecule has 1 amide bonds. The van der Waals surface area contributed by atoms with Gasteiger partial charge in [-0.2, -0.15) is 0 Å². The number of quaternary nitrogens is 2.